The zero-order chi connectivity index (χ0) is 13.0. The normalized spacial score (nSPS) is 10.8. The Morgan fingerprint density at radius 2 is 2.17 bits per heavy atom. The number of hydrogen-bond donors (Lipinski definition) is 1. The van der Waals surface area contributed by atoms with Gasteiger partial charge in [0.15, 0.2) is 0 Å². The minimum Gasteiger partial charge on any atom is -0.308 e. The average molecular weight is 264 g/mol. The lowest BCUT2D eigenvalue weighted by Gasteiger charge is -2.05. The van der Waals surface area contributed by atoms with Crippen molar-refractivity contribution in [3.63, 3.8) is 0 Å². The van der Waals surface area contributed by atoms with Crippen molar-refractivity contribution in [2.75, 3.05) is 0 Å². The molecule has 0 amide bonds. The van der Waals surface area contributed by atoms with E-state index in [1.54, 1.807) is 0 Å². The van der Waals surface area contributed by atoms with E-state index in [4.69, 9.17) is 11.6 Å². The van der Waals surface area contributed by atoms with Gasteiger partial charge in [-0.1, -0.05) is 30.7 Å². The summed E-state index contributed by atoms with van der Waals surface area (Å²) in [6.07, 6.45) is 3.04. The van der Waals surface area contributed by atoms with Gasteiger partial charge in [-0.15, -0.1) is 0 Å². The van der Waals surface area contributed by atoms with Crippen LogP contribution in [0.4, 0.5) is 0 Å². The van der Waals surface area contributed by atoms with Crippen LogP contribution in [0.5, 0.6) is 0 Å². The van der Waals surface area contributed by atoms with E-state index < -0.39 is 0 Å². The molecule has 0 unspecified atom stereocenters. The van der Waals surface area contributed by atoms with Gasteiger partial charge in [0.1, 0.15) is 0 Å². The van der Waals surface area contributed by atoms with E-state index in [0.29, 0.717) is 0 Å². The predicted octanol–water partition coefficient (Wildman–Crippen LogP) is 2.93. The van der Waals surface area contributed by atoms with Crippen molar-refractivity contribution in [1.29, 1.82) is 0 Å². The fourth-order valence-corrected chi connectivity index (χ4v) is 2.23. The highest BCUT2D eigenvalue weighted by atomic mass is 35.5. The van der Waals surface area contributed by atoms with E-state index in [1.807, 2.05) is 29.9 Å². The average Bonchev–Trinajstić information content (AvgIpc) is 2.70. The van der Waals surface area contributed by atoms with Gasteiger partial charge in [0.05, 0.1) is 5.69 Å². The molecule has 0 aliphatic carbocycles. The van der Waals surface area contributed by atoms with Gasteiger partial charge in [-0.05, 0) is 24.1 Å². The Morgan fingerprint density at radius 3 is 2.89 bits per heavy atom. The van der Waals surface area contributed by atoms with Crippen molar-refractivity contribution in [3.8, 4) is 0 Å². The Balaban J connectivity index is 1.92. The van der Waals surface area contributed by atoms with Gasteiger partial charge < -0.3 is 5.32 Å². The molecule has 2 rings (SSSR count). The highest BCUT2D eigenvalue weighted by molar-refractivity contribution is 6.30. The summed E-state index contributed by atoms with van der Waals surface area (Å²) in [5.74, 6) is 0. The number of nitrogens with zero attached hydrogens (tertiary/aromatic N) is 2. The smallest absolute Gasteiger partial charge is 0.0666 e. The lowest BCUT2D eigenvalue weighted by atomic mass is 10.2. The standard InChI is InChI=1S/C14H18ClN3/c1-3-14-12(10-18(2)17-14)9-16-8-11-5-4-6-13(15)7-11/h4-7,10,16H,3,8-9H2,1-2H3. The second kappa shape index (κ2) is 6.03. The zero-order valence-electron chi connectivity index (χ0n) is 10.8. The summed E-state index contributed by atoms with van der Waals surface area (Å²) in [5, 5.41) is 8.63. The summed E-state index contributed by atoms with van der Waals surface area (Å²) in [7, 11) is 1.96. The molecule has 1 N–H and O–H groups in total. The molecule has 3 nitrogen and oxygen atoms in total. The number of rotatable bonds is 5. The van der Waals surface area contributed by atoms with E-state index >= 15 is 0 Å². The van der Waals surface area contributed by atoms with Gasteiger partial charge in [0, 0.05) is 36.9 Å². The van der Waals surface area contributed by atoms with Crippen LogP contribution in [0.2, 0.25) is 5.02 Å². The lowest BCUT2D eigenvalue weighted by molar-refractivity contribution is 0.688. The van der Waals surface area contributed by atoms with Crippen LogP contribution >= 0.6 is 11.6 Å². The van der Waals surface area contributed by atoms with Crippen LogP contribution in [0.15, 0.2) is 30.5 Å². The molecular formula is C14H18ClN3. The maximum atomic E-state index is 5.95. The lowest BCUT2D eigenvalue weighted by Crippen LogP contribution is -2.13. The first-order chi connectivity index (χ1) is 8.69. The molecule has 0 fully saturated rings. The number of halogens is 1. The molecule has 1 aromatic heterocycles. The first kappa shape index (κ1) is 13.1. The number of aryl methyl sites for hydroxylation is 2. The van der Waals surface area contributed by atoms with E-state index in [2.05, 4.69) is 29.6 Å². The van der Waals surface area contributed by atoms with Crippen LogP contribution in [0.1, 0.15) is 23.7 Å². The molecule has 0 saturated heterocycles. The fraction of sp³-hybridized carbons (Fsp3) is 0.357. The Bertz CT molecular complexity index is 520. The minimum atomic E-state index is 0.782. The van der Waals surface area contributed by atoms with E-state index in [0.717, 1.165) is 30.2 Å². The molecule has 0 atom stereocenters. The summed E-state index contributed by atoms with van der Waals surface area (Å²) in [5.41, 5.74) is 3.63. The molecule has 96 valence electrons. The summed E-state index contributed by atoms with van der Waals surface area (Å²) >= 11 is 5.95. The van der Waals surface area contributed by atoms with Crippen LogP contribution in [0.25, 0.3) is 0 Å². The first-order valence-electron chi connectivity index (χ1n) is 6.15. The van der Waals surface area contributed by atoms with Crippen molar-refractivity contribution in [3.05, 3.63) is 52.3 Å². The fourth-order valence-electron chi connectivity index (χ4n) is 2.02. The van der Waals surface area contributed by atoms with Crippen molar-refractivity contribution < 1.29 is 0 Å². The molecule has 0 bridgehead atoms. The van der Waals surface area contributed by atoms with Crippen LogP contribution in [0, 0.1) is 0 Å². The van der Waals surface area contributed by atoms with E-state index in [9.17, 15) is 0 Å². The molecule has 2 aromatic rings. The molecule has 4 heteroatoms. The molecule has 0 aliphatic rings. The van der Waals surface area contributed by atoms with Crippen LogP contribution in [-0.4, -0.2) is 9.78 Å². The third-order valence-corrected chi connectivity index (χ3v) is 3.10. The molecular weight excluding hydrogens is 246 g/mol. The maximum Gasteiger partial charge on any atom is 0.0666 e. The van der Waals surface area contributed by atoms with E-state index in [-0.39, 0.29) is 0 Å². The Morgan fingerprint density at radius 1 is 1.33 bits per heavy atom. The molecule has 1 aromatic carbocycles. The number of hydrogen-bond acceptors (Lipinski definition) is 2. The summed E-state index contributed by atoms with van der Waals surface area (Å²) in [6, 6.07) is 7.92. The van der Waals surface area contributed by atoms with Crippen molar-refractivity contribution in [2.45, 2.75) is 26.4 Å². The molecule has 0 radical (unpaired) electrons. The summed E-state index contributed by atoms with van der Waals surface area (Å²) < 4.78 is 1.87. The molecule has 0 aliphatic heterocycles. The SMILES string of the molecule is CCc1nn(C)cc1CNCc1cccc(Cl)c1. The Kier molecular flexibility index (Phi) is 4.39. The van der Waals surface area contributed by atoms with Crippen molar-refractivity contribution in [1.82, 2.24) is 15.1 Å². The molecule has 0 spiro atoms. The van der Waals surface area contributed by atoms with Crippen molar-refractivity contribution >= 4 is 11.6 Å². The van der Waals surface area contributed by atoms with Gasteiger partial charge in [-0.25, -0.2) is 0 Å². The first-order valence-corrected chi connectivity index (χ1v) is 6.53. The van der Waals surface area contributed by atoms with Crippen molar-refractivity contribution in [2.24, 2.45) is 7.05 Å². The number of aromatic nitrogens is 2. The van der Waals surface area contributed by atoms with Crippen LogP contribution in [0.3, 0.4) is 0 Å². The highest BCUT2D eigenvalue weighted by Gasteiger charge is 2.04. The van der Waals surface area contributed by atoms with Gasteiger partial charge in [0.2, 0.25) is 0 Å². The second-order valence-electron chi connectivity index (χ2n) is 4.36. The van der Waals surface area contributed by atoms with Crippen LogP contribution in [-0.2, 0) is 26.6 Å². The third kappa shape index (κ3) is 3.34. The maximum absolute atomic E-state index is 5.95. The minimum absolute atomic E-state index is 0.782. The van der Waals surface area contributed by atoms with Gasteiger partial charge in [-0.2, -0.15) is 5.10 Å². The van der Waals surface area contributed by atoms with Crippen LogP contribution < -0.4 is 5.32 Å². The largest absolute Gasteiger partial charge is 0.308 e. The Labute approximate surface area is 113 Å². The Hall–Kier alpha value is -1.32. The summed E-state index contributed by atoms with van der Waals surface area (Å²) in [4.78, 5) is 0. The molecule has 1 heterocycles. The zero-order valence-corrected chi connectivity index (χ0v) is 11.5. The monoisotopic (exact) mass is 263 g/mol. The topological polar surface area (TPSA) is 29.9 Å². The predicted molar refractivity (Wildman–Crippen MR) is 74.6 cm³/mol. The number of benzene rings is 1. The van der Waals surface area contributed by atoms with Gasteiger partial charge in [-0.3, -0.25) is 4.68 Å². The number of nitrogens with one attached hydrogen (secondary N) is 1. The van der Waals surface area contributed by atoms with Gasteiger partial charge in [0.25, 0.3) is 0 Å². The third-order valence-electron chi connectivity index (χ3n) is 2.86. The molecule has 18 heavy (non-hydrogen) atoms. The second-order valence-corrected chi connectivity index (χ2v) is 4.80. The highest BCUT2D eigenvalue weighted by Crippen LogP contribution is 2.11. The summed E-state index contributed by atoms with van der Waals surface area (Å²) in [6.45, 7) is 3.78. The quantitative estimate of drug-likeness (QED) is 0.899. The van der Waals surface area contributed by atoms with E-state index in [1.165, 1.54) is 11.1 Å². The van der Waals surface area contributed by atoms with Gasteiger partial charge >= 0.3 is 0 Å². The molecule has 0 saturated carbocycles.